The van der Waals surface area contributed by atoms with Gasteiger partial charge in [0.15, 0.2) is 0 Å². The maximum absolute atomic E-state index is 5.21. The fourth-order valence-corrected chi connectivity index (χ4v) is 3.07. The third kappa shape index (κ3) is 4.16. The highest BCUT2D eigenvalue weighted by Gasteiger charge is 2.05. The van der Waals surface area contributed by atoms with Crippen LogP contribution in [0.4, 0.5) is 0 Å². The number of aryl methyl sites for hydroxylation is 2. The number of methoxy groups -OCH3 is 2. The van der Waals surface area contributed by atoms with Gasteiger partial charge in [-0.3, -0.25) is 0 Å². The zero-order valence-electron chi connectivity index (χ0n) is 9.82. The van der Waals surface area contributed by atoms with Crippen LogP contribution in [0.15, 0.2) is 24.3 Å². The lowest BCUT2D eigenvalue weighted by molar-refractivity contribution is -0.0440. The maximum Gasteiger partial charge on any atom is 0.134 e. The van der Waals surface area contributed by atoms with Crippen LogP contribution < -0.4 is 0 Å². The van der Waals surface area contributed by atoms with Crippen LogP contribution in [0.25, 0.3) is 0 Å². The predicted molar refractivity (Wildman–Crippen MR) is 66.0 cm³/mol. The van der Waals surface area contributed by atoms with Gasteiger partial charge in [0, 0.05) is 14.2 Å². The van der Waals surface area contributed by atoms with Crippen molar-refractivity contribution in [1.82, 2.24) is 0 Å². The minimum Gasteiger partial charge on any atom is -0.360 e. The molecule has 0 radical (unpaired) electrons. The molecule has 2 nitrogen and oxygen atoms in total. The molecular weight excluding hydrogens is 204 g/mol. The monoisotopic (exact) mass is 224 g/mol. The van der Waals surface area contributed by atoms with E-state index in [-0.39, 0.29) is 15.4 Å². The summed E-state index contributed by atoms with van der Waals surface area (Å²) in [4.78, 5) is 0. The van der Waals surface area contributed by atoms with Crippen molar-refractivity contribution >= 4 is 9.52 Å². The van der Waals surface area contributed by atoms with Gasteiger partial charge >= 0.3 is 0 Å². The van der Waals surface area contributed by atoms with E-state index in [4.69, 9.17) is 9.47 Å². The summed E-state index contributed by atoms with van der Waals surface area (Å²) in [6.45, 7) is 2.17. The van der Waals surface area contributed by atoms with E-state index in [1.54, 1.807) is 14.2 Å². The second-order valence-electron chi connectivity index (χ2n) is 3.72. The molecule has 0 N–H and O–H groups in total. The van der Waals surface area contributed by atoms with Gasteiger partial charge in [-0.15, -0.1) is 0 Å². The lowest BCUT2D eigenvalue weighted by Crippen LogP contribution is -2.21. The highest BCUT2D eigenvalue weighted by molar-refractivity contribution is 6.36. The Hall–Kier alpha value is -0.643. The highest BCUT2D eigenvalue weighted by atomic mass is 28.2. The Labute approximate surface area is 94.4 Å². The zero-order chi connectivity index (χ0) is 11.1. The topological polar surface area (TPSA) is 18.5 Å². The summed E-state index contributed by atoms with van der Waals surface area (Å²) in [5.74, 6) is 0.0778. The summed E-state index contributed by atoms with van der Waals surface area (Å²) < 4.78 is 10.4. The molecule has 0 aliphatic heterocycles. The maximum atomic E-state index is 5.21. The van der Waals surface area contributed by atoms with E-state index in [1.807, 2.05) is 0 Å². The Morgan fingerprint density at radius 3 is 2.47 bits per heavy atom. The number of ether oxygens (including phenoxy) is 2. The van der Waals surface area contributed by atoms with E-state index in [0.29, 0.717) is 0 Å². The molecule has 0 fully saturated rings. The average molecular weight is 224 g/mol. The Morgan fingerprint density at radius 2 is 1.87 bits per heavy atom. The van der Waals surface area contributed by atoms with Crippen molar-refractivity contribution in [3.63, 3.8) is 0 Å². The predicted octanol–water partition coefficient (Wildman–Crippen LogP) is 1.70. The van der Waals surface area contributed by atoms with Gasteiger partial charge in [0.05, 0.1) is 9.52 Å². The molecule has 1 aromatic rings. The van der Waals surface area contributed by atoms with Crippen LogP contribution in [0.2, 0.25) is 6.04 Å². The van der Waals surface area contributed by atoms with E-state index in [1.165, 1.54) is 17.2 Å². The van der Waals surface area contributed by atoms with Gasteiger partial charge in [-0.05, 0) is 24.5 Å². The van der Waals surface area contributed by atoms with E-state index >= 15 is 0 Å². The summed E-state index contributed by atoms with van der Waals surface area (Å²) in [6, 6.07) is 9.80. The molecular formula is C12H20O2Si. The Morgan fingerprint density at radius 1 is 1.20 bits per heavy atom. The van der Waals surface area contributed by atoms with Crippen LogP contribution in [-0.2, 0) is 15.9 Å². The van der Waals surface area contributed by atoms with Crippen molar-refractivity contribution in [3.8, 4) is 0 Å². The molecule has 0 saturated heterocycles. The van der Waals surface area contributed by atoms with Crippen LogP contribution in [-0.4, -0.2) is 29.7 Å². The lowest BCUT2D eigenvalue weighted by atomic mass is 10.1. The summed E-state index contributed by atoms with van der Waals surface area (Å²) >= 11 is 0. The van der Waals surface area contributed by atoms with Crippen LogP contribution in [0, 0.1) is 6.92 Å². The summed E-state index contributed by atoms with van der Waals surface area (Å²) in [6.07, 6.45) is 1.15. The molecule has 0 aliphatic rings. The Balaban J connectivity index is 2.34. The molecule has 0 spiro atoms. The summed E-state index contributed by atoms with van der Waals surface area (Å²) in [5, 5.41) is 0. The van der Waals surface area contributed by atoms with E-state index in [9.17, 15) is 0 Å². The van der Waals surface area contributed by atoms with Crippen LogP contribution >= 0.6 is 0 Å². The third-order valence-electron chi connectivity index (χ3n) is 2.67. The molecule has 15 heavy (non-hydrogen) atoms. The second-order valence-corrected chi connectivity index (χ2v) is 5.67. The quantitative estimate of drug-likeness (QED) is 0.541. The molecule has 0 saturated carbocycles. The molecule has 1 aromatic carbocycles. The fourth-order valence-electron chi connectivity index (χ4n) is 1.68. The fraction of sp³-hybridized carbons (Fsp3) is 0.500. The van der Waals surface area contributed by atoms with Gasteiger partial charge in [-0.1, -0.05) is 30.3 Å². The SMILES string of the molecule is COC(OC)[SiH2]CCc1ccccc1C. The highest BCUT2D eigenvalue weighted by Crippen LogP contribution is 2.10. The lowest BCUT2D eigenvalue weighted by Gasteiger charge is -2.12. The molecule has 1 rings (SSSR count). The minimum absolute atomic E-state index is 0.0778. The van der Waals surface area contributed by atoms with Crippen LogP contribution in [0.5, 0.6) is 0 Å². The minimum atomic E-state index is -0.279. The molecule has 0 aromatic heterocycles. The van der Waals surface area contributed by atoms with Crippen molar-refractivity contribution in [2.24, 2.45) is 0 Å². The first kappa shape index (κ1) is 12.4. The van der Waals surface area contributed by atoms with Crippen molar-refractivity contribution in [2.75, 3.05) is 14.2 Å². The largest absolute Gasteiger partial charge is 0.360 e. The number of hydrogen-bond donors (Lipinski definition) is 0. The Kier molecular flexibility index (Phi) is 5.61. The molecule has 0 amide bonds. The van der Waals surface area contributed by atoms with E-state index in [2.05, 4.69) is 31.2 Å². The normalized spacial score (nSPS) is 11.7. The average Bonchev–Trinajstić information content (AvgIpc) is 2.27. The first-order chi connectivity index (χ1) is 7.27. The number of benzene rings is 1. The second kappa shape index (κ2) is 6.77. The van der Waals surface area contributed by atoms with Crippen molar-refractivity contribution < 1.29 is 9.47 Å². The first-order valence-corrected chi connectivity index (χ1v) is 7.19. The van der Waals surface area contributed by atoms with Crippen molar-refractivity contribution in [1.29, 1.82) is 0 Å². The zero-order valence-corrected chi connectivity index (χ0v) is 11.2. The van der Waals surface area contributed by atoms with Gasteiger partial charge in [-0.25, -0.2) is 0 Å². The standard InChI is InChI=1S/C12H20O2Si/c1-10-6-4-5-7-11(10)8-9-15-12(13-2)14-3/h4-7,12H,8-9,15H2,1-3H3. The number of rotatable bonds is 6. The molecule has 0 unspecified atom stereocenters. The van der Waals surface area contributed by atoms with Crippen LogP contribution in [0.3, 0.4) is 0 Å². The van der Waals surface area contributed by atoms with Crippen molar-refractivity contribution in [3.05, 3.63) is 35.4 Å². The smallest absolute Gasteiger partial charge is 0.134 e. The molecule has 0 atom stereocenters. The molecule has 84 valence electrons. The Bertz CT molecular complexity index is 285. The molecule has 0 heterocycles. The van der Waals surface area contributed by atoms with E-state index < -0.39 is 0 Å². The number of hydrogen-bond acceptors (Lipinski definition) is 2. The van der Waals surface area contributed by atoms with E-state index in [0.717, 1.165) is 6.42 Å². The van der Waals surface area contributed by atoms with Gasteiger partial charge in [-0.2, -0.15) is 0 Å². The van der Waals surface area contributed by atoms with Gasteiger partial charge in [0.2, 0.25) is 0 Å². The van der Waals surface area contributed by atoms with Gasteiger partial charge in [0.1, 0.15) is 5.91 Å². The molecule has 0 aliphatic carbocycles. The molecule has 3 heteroatoms. The van der Waals surface area contributed by atoms with Crippen LogP contribution in [0.1, 0.15) is 11.1 Å². The van der Waals surface area contributed by atoms with Crippen molar-refractivity contribution in [2.45, 2.75) is 25.3 Å². The summed E-state index contributed by atoms with van der Waals surface area (Å²) in [7, 11) is 3.16. The van der Waals surface area contributed by atoms with Gasteiger partial charge < -0.3 is 9.47 Å². The molecule has 0 bridgehead atoms. The first-order valence-electron chi connectivity index (χ1n) is 5.38. The van der Waals surface area contributed by atoms with Gasteiger partial charge in [0.25, 0.3) is 0 Å². The summed E-state index contributed by atoms with van der Waals surface area (Å²) in [5.41, 5.74) is 2.84. The third-order valence-corrected chi connectivity index (χ3v) is 4.57.